The van der Waals surface area contributed by atoms with Gasteiger partial charge < -0.3 is 9.84 Å². The Morgan fingerprint density at radius 3 is 2.68 bits per heavy atom. The fraction of sp³-hybridized carbons (Fsp3) is 0.250. The highest BCUT2D eigenvalue weighted by Gasteiger charge is 2.12. The number of nitrogens with zero attached hydrogens (tertiary/aromatic N) is 3. The van der Waals surface area contributed by atoms with Gasteiger partial charge in [0.15, 0.2) is 11.0 Å². The number of aromatic nitrogens is 3. The SMILES string of the molecule is COc1ccc(-c2nc(CS)nc(SC)n2)c(O)c1. The Bertz CT molecular complexity index is 571. The topological polar surface area (TPSA) is 68.1 Å². The standard InChI is InChI=1S/C12H13N3O2S2/c1-17-7-3-4-8(9(16)5-7)11-13-10(6-18)14-12(15-11)19-2/h3-5,16,18H,6H2,1-2H3. The fourth-order valence-electron chi connectivity index (χ4n) is 1.51. The van der Waals surface area contributed by atoms with E-state index in [0.717, 1.165) is 0 Å². The number of aromatic hydroxyl groups is 1. The number of thiol groups is 1. The summed E-state index contributed by atoms with van der Waals surface area (Å²) < 4.78 is 5.05. The molecule has 0 radical (unpaired) electrons. The number of phenolic OH excluding ortho intramolecular Hbond substituents is 1. The minimum absolute atomic E-state index is 0.0720. The molecule has 0 fully saturated rings. The van der Waals surface area contributed by atoms with Crippen molar-refractivity contribution in [1.29, 1.82) is 0 Å². The zero-order chi connectivity index (χ0) is 13.8. The molecule has 19 heavy (non-hydrogen) atoms. The Labute approximate surface area is 120 Å². The van der Waals surface area contributed by atoms with Crippen LogP contribution in [0.25, 0.3) is 11.4 Å². The first kappa shape index (κ1) is 14.0. The molecule has 0 amide bonds. The average molecular weight is 295 g/mol. The number of hydrogen-bond donors (Lipinski definition) is 2. The van der Waals surface area contributed by atoms with Crippen molar-refractivity contribution in [1.82, 2.24) is 15.0 Å². The number of methoxy groups -OCH3 is 1. The smallest absolute Gasteiger partial charge is 0.191 e. The van der Waals surface area contributed by atoms with Crippen LogP contribution in [0.15, 0.2) is 23.4 Å². The lowest BCUT2D eigenvalue weighted by molar-refractivity contribution is 0.408. The van der Waals surface area contributed by atoms with Gasteiger partial charge in [0.1, 0.15) is 17.3 Å². The van der Waals surface area contributed by atoms with Crippen molar-refractivity contribution < 1.29 is 9.84 Å². The molecule has 2 rings (SSSR count). The second-order valence-electron chi connectivity index (χ2n) is 3.60. The molecule has 1 N–H and O–H groups in total. The van der Waals surface area contributed by atoms with Crippen LogP contribution in [0.4, 0.5) is 0 Å². The molecule has 1 aromatic carbocycles. The van der Waals surface area contributed by atoms with E-state index in [1.807, 2.05) is 6.26 Å². The first-order chi connectivity index (χ1) is 9.17. The molecule has 1 aromatic heterocycles. The van der Waals surface area contributed by atoms with E-state index in [1.165, 1.54) is 17.8 Å². The van der Waals surface area contributed by atoms with Crippen molar-refractivity contribution in [2.75, 3.05) is 13.4 Å². The molecule has 7 heteroatoms. The molecule has 0 saturated heterocycles. The summed E-state index contributed by atoms with van der Waals surface area (Å²) in [4.78, 5) is 12.8. The van der Waals surface area contributed by atoms with Crippen LogP contribution in [-0.4, -0.2) is 33.4 Å². The first-order valence-corrected chi connectivity index (χ1v) is 7.31. The summed E-state index contributed by atoms with van der Waals surface area (Å²) in [7, 11) is 1.54. The third-order valence-electron chi connectivity index (χ3n) is 2.43. The summed E-state index contributed by atoms with van der Waals surface area (Å²) in [6.45, 7) is 0. The Hall–Kier alpha value is -1.47. The molecule has 0 atom stereocenters. The number of rotatable bonds is 4. The van der Waals surface area contributed by atoms with Crippen molar-refractivity contribution in [2.45, 2.75) is 10.9 Å². The van der Waals surface area contributed by atoms with Crippen LogP contribution in [0.3, 0.4) is 0 Å². The van der Waals surface area contributed by atoms with E-state index < -0.39 is 0 Å². The lowest BCUT2D eigenvalue weighted by Gasteiger charge is -2.07. The summed E-state index contributed by atoms with van der Waals surface area (Å²) in [5.41, 5.74) is 0.543. The van der Waals surface area contributed by atoms with E-state index in [-0.39, 0.29) is 5.75 Å². The summed E-state index contributed by atoms with van der Waals surface area (Å²) in [5, 5.41) is 10.6. The number of ether oxygens (including phenoxy) is 1. The molecule has 100 valence electrons. The van der Waals surface area contributed by atoms with Crippen LogP contribution in [0.5, 0.6) is 11.5 Å². The number of hydrogen-bond acceptors (Lipinski definition) is 7. The van der Waals surface area contributed by atoms with Crippen LogP contribution in [0.1, 0.15) is 5.82 Å². The number of thioether (sulfide) groups is 1. The van der Waals surface area contributed by atoms with Gasteiger partial charge in [-0.15, -0.1) is 0 Å². The maximum absolute atomic E-state index is 10.00. The highest BCUT2D eigenvalue weighted by atomic mass is 32.2. The first-order valence-electron chi connectivity index (χ1n) is 5.45. The minimum Gasteiger partial charge on any atom is -0.507 e. The molecular weight excluding hydrogens is 282 g/mol. The summed E-state index contributed by atoms with van der Waals surface area (Å²) in [6, 6.07) is 4.99. The summed E-state index contributed by atoms with van der Waals surface area (Å²) >= 11 is 5.59. The molecule has 0 aliphatic heterocycles. The third kappa shape index (κ3) is 3.10. The quantitative estimate of drug-likeness (QED) is 0.667. The predicted octanol–water partition coefficient (Wildman–Crippen LogP) is 2.40. The zero-order valence-electron chi connectivity index (χ0n) is 10.5. The maximum Gasteiger partial charge on any atom is 0.191 e. The molecule has 5 nitrogen and oxygen atoms in total. The molecule has 0 spiro atoms. The minimum atomic E-state index is 0.0720. The second kappa shape index (κ2) is 6.12. The molecule has 1 heterocycles. The molecule has 0 aliphatic carbocycles. The Morgan fingerprint density at radius 1 is 1.32 bits per heavy atom. The molecular formula is C12H13N3O2S2. The maximum atomic E-state index is 10.00. The lowest BCUT2D eigenvalue weighted by Crippen LogP contribution is -2.00. The predicted molar refractivity (Wildman–Crippen MR) is 78.0 cm³/mol. The van der Waals surface area contributed by atoms with Gasteiger partial charge in [0.25, 0.3) is 0 Å². The third-order valence-corrected chi connectivity index (χ3v) is 3.26. The van der Waals surface area contributed by atoms with Gasteiger partial charge in [0, 0.05) is 6.07 Å². The Balaban J connectivity index is 2.51. The second-order valence-corrected chi connectivity index (χ2v) is 4.69. The van der Waals surface area contributed by atoms with E-state index in [2.05, 4.69) is 27.6 Å². The lowest BCUT2D eigenvalue weighted by atomic mass is 10.2. The largest absolute Gasteiger partial charge is 0.507 e. The number of phenols is 1. The van der Waals surface area contributed by atoms with Crippen molar-refractivity contribution in [3.8, 4) is 22.9 Å². The normalized spacial score (nSPS) is 10.5. The van der Waals surface area contributed by atoms with Gasteiger partial charge >= 0.3 is 0 Å². The molecule has 0 saturated carbocycles. The van der Waals surface area contributed by atoms with Crippen molar-refractivity contribution in [3.63, 3.8) is 0 Å². The van der Waals surface area contributed by atoms with E-state index in [4.69, 9.17) is 4.74 Å². The van der Waals surface area contributed by atoms with E-state index in [1.54, 1.807) is 19.2 Å². The van der Waals surface area contributed by atoms with Gasteiger partial charge in [-0.2, -0.15) is 12.6 Å². The summed E-state index contributed by atoms with van der Waals surface area (Å²) in [6.07, 6.45) is 1.88. The highest BCUT2D eigenvalue weighted by Crippen LogP contribution is 2.30. The molecule has 2 aromatic rings. The Kier molecular flexibility index (Phi) is 4.49. The monoisotopic (exact) mass is 295 g/mol. The van der Waals surface area contributed by atoms with Gasteiger partial charge in [0.05, 0.1) is 18.4 Å². The van der Waals surface area contributed by atoms with Gasteiger partial charge in [-0.1, -0.05) is 11.8 Å². The van der Waals surface area contributed by atoms with Gasteiger partial charge in [0.2, 0.25) is 0 Å². The highest BCUT2D eigenvalue weighted by molar-refractivity contribution is 7.98. The van der Waals surface area contributed by atoms with Crippen molar-refractivity contribution in [3.05, 3.63) is 24.0 Å². The van der Waals surface area contributed by atoms with E-state index in [9.17, 15) is 5.11 Å². The number of benzene rings is 1. The Morgan fingerprint density at radius 2 is 2.11 bits per heavy atom. The fourth-order valence-corrected chi connectivity index (χ4v) is 2.02. The van der Waals surface area contributed by atoms with Gasteiger partial charge in [-0.3, -0.25) is 0 Å². The van der Waals surface area contributed by atoms with Crippen LogP contribution >= 0.6 is 24.4 Å². The van der Waals surface area contributed by atoms with Crippen molar-refractivity contribution in [2.24, 2.45) is 0 Å². The van der Waals surface area contributed by atoms with Crippen LogP contribution in [0.2, 0.25) is 0 Å². The van der Waals surface area contributed by atoms with Gasteiger partial charge in [-0.05, 0) is 18.4 Å². The van der Waals surface area contributed by atoms with Crippen LogP contribution in [0, 0.1) is 0 Å². The average Bonchev–Trinajstić information content (AvgIpc) is 2.46. The van der Waals surface area contributed by atoms with Crippen LogP contribution < -0.4 is 4.74 Å². The van der Waals surface area contributed by atoms with E-state index in [0.29, 0.717) is 33.9 Å². The zero-order valence-corrected chi connectivity index (χ0v) is 12.2. The van der Waals surface area contributed by atoms with E-state index >= 15 is 0 Å². The van der Waals surface area contributed by atoms with Gasteiger partial charge in [-0.25, -0.2) is 15.0 Å². The van der Waals surface area contributed by atoms with Crippen molar-refractivity contribution >= 4 is 24.4 Å². The van der Waals surface area contributed by atoms with Crippen LogP contribution in [-0.2, 0) is 5.75 Å². The molecule has 0 unspecified atom stereocenters. The molecule has 0 aliphatic rings. The molecule has 0 bridgehead atoms. The summed E-state index contributed by atoms with van der Waals surface area (Å²) in [5.74, 6) is 2.08.